The number of halogens is 1. The molecule has 184 valence electrons. The topological polar surface area (TPSA) is 42.3 Å². The van der Waals surface area contributed by atoms with Gasteiger partial charge in [0, 0.05) is 29.0 Å². The fourth-order valence-electron chi connectivity index (χ4n) is 5.24. The highest BCUT2D eigenvalue weighted by Crippen LogP contribution is 2.45. The molecule has 7 heteroatoms. The van der Waals surface area contributed by atoms with Gasteiger partial charge in [-0.25, -0.2) is 0 Å². The Kier molecular flexibility index (Phi) is 6.73. The minimum Gasteiger partial charge on any atom is -0.495 e. The molecule has 1 aliphatic heterocycles. The highest BCUT2D eigenvalue weighted by Gasteiger charge is 2.42. The number of aryl methyl sites for hydroxylation is 2. The third-order valence-corrected chi connectivity index (χ3v) is 7.52. The molecule has 0 radical (unpaired) electrons. The number of rotatable bonds is 6. The van der Waals surface area contributed by atoms with Crippen molar-refractivity contribution in [2.45, 2.75) is 39.3 Å². The van der Waals surface area contributed by atoms with E-state index in [4.69, 9.17) is 28.6 Å². The van der Waals surface area contributed by atoms with E-state index < -0.39 is 0 Å². The molecule has 4 aromatic rings. The molecule has 3 heterocycles. The van der Waals surface area contributed by atoms with Crippen molar-refractivity contribution in [2.24, 2.45) is 0 Å². The van der Waals surface area contributed by atoms with Crippen molar-refractivity contribution in [1.29, 1.82) is 0 Å². The van der Waals surface area contributed by atoms with E-state index in [-0.39, 0.29) is 12.1 Å². The van der Waals surface area contributed by atoms with Gasteiger partial charge in [-0.2, -0.15) is 0 Å². The van der Waals surface area contributed by atoms with Gasteiger partial charge in [0.25, 0.3) is 0 Å². The van der Waals surface area contributed by atoms with Crippen molar-refractivity contribution < 1.29 is 4.74 Å². The van der Waals surface area contributed by atoms with Gasteiger partial charge in [-0.3, -0.25) is 4.98 Å². The van der Waals surface area contributed by atoms with E-state index in [0.717, 1.165) is 17.8 Å². The molecule has 0 saturated carbocycles. The van der Waals surface area contributed by atoms with Crippen LogP contribution in [0.1, 0.15) is 47.2 Å². The van der Waals surface area contributed by atoms with Crippen LogP contribution in [0.5, 0.6) is 5.75 Å². The summed E-state index contributed by atoms with van der Waals surface area (Å²) in [5.74, 6) is 0.630. The number of nitrogens with zero attached hydrogens (tertiary/aromatic N) is 3. The Morgan fingerprint density at radius 1 is 1.06 bits per heavy atom. The number of aromatic nitrogens is 2. The zero-order valence-corrected chi connectivity index (χ0v) is 22.4. The van der Waals surface area contributed by atoms with E-state index >= 15 is 0 Å². The molecule has 2 atom stereocenters. The number of hydrogen-bond donors (Lipinski definition) is 1. The Balaban J connectivity index is 1.69. The molecule has 5 nitrogen and oxygen atoms in total. The fraction of sp³-hybridized carbons (Fsp3) is 0.241. The maximum absolute atomic E-state index is 6.55. The molecule has 0 bridgehead atoms. The standard InChI is InChI=1S/C29H29ClN4OS/c1-5-20-10-6-7-12-25(20)33-18(2)16-22(19(33)3)28-27(24-11-8-9-15-31-24)32-29(36)34(28)21-13-14-26(35-4)23(30)17-21/h6-17,27-28H,5H2,1-4H3,(H,32,36)/t27-,28-/m1/s1. The molecule has 1 saturated heterocycles. The van der Waals surface area contributed by atoms with Crippen molar-refractivity contribution in [2.75, 3.05) is 12.0 Å². The lowest BCUT2D eigenvalue weighted by molar-refractivity contribution is 0.415. The first-order valence-electron chi connectivity index (χ1n) is 12.1. The molecule has 0 unspecified atom stereocenters. The second kappa shape index (κ2) is 9.96. The summed E-state index contributed by atoms with van der Waals surface area (Å²) in [6.45, 7) is 6.54. The number of para-hydroxylation sites is 1. The van der Waals surface area contributed by atoms with Crippen molar-refractivity contribution in [1.82, 2.24) is 14.9 Å². The number of anilines is 1. The summed E-state index contributed by atoms with van der Waals surface area (Å²) in [4.78, 5) is 6.84. The minimum atomic E-state index is -0.130. The second-order valence-corrected chi connectivity index (χ2v) is 9.75. The molecular formula is C29H29ClN4OS. The Morgan fingerprint density at radius 2 is 1.83 bits per heavy atom. The summed E-state index contributed by atoms with van der Waals surface area (Å²) in [6, 6.07) is 22.4. The molecule has 1 aliphatic rings. The number of thiocarbonyl (C=S) groups is 1. The number of methoxy groups -OCH3 is 1. The van der Waals surface area contributed by atoms with Crippen molar-refractivity contribution in [3.8, 4) is 11.4 Å². The van der Waals surface area contributed by atoms with E-state index in [2.05, 4.69) is 70.9 Å². The second-order valence-electron chi connectivity index (χ2n) is 8.96. The van der Waals surface area contributed by atoms with E-state index in [1.165, 1.54) is 28.2 Å². The maximum atomic E-state index is 6.55. The number of hydrogen-bond acceptors (Lipinski definition) is 3. The van der Waals surface area contributed by atoms with Gasteiger partial charge in [0.15, 0.2) is 5.11 Å². The molecule has 36 heavy (non-hydrogen) atoms. The molecule has 0 aliphatic carbocycles. The molecule has 2 aromatic heterocycles. The minimum absolute atomic E-state index is 0.120. The number of nitrogens with one attached hydrogen (secondary N) is 1. The summed E-state index contributed by atoms with van der Waals surface area (Å²) in [5.41, 5.74) is 7.90. The van der Waals surface area contributed by atoms with Gasteiger partial charge < -0.3 is 19.5 Å². The fourth-order valence-corrected chi connectivity index (χ4v) is 5.84. The molecular weight excluding hydrogens is 488 g/mol. The predicted octanol–water partition coefficient (Wildman–Crippen LogP) is 6.89. The quantitative estimate of drug-likeness (QED) is 0.283. The molecule has 1 N–H and O–H groups in total. The van der Waals surface area contributed by atoms with Crippen LogP contribution in [0.4, 0.5) is 5.69 Å². The van der Waals surface area contributed by atoms with Gasteiger partial charge in [-0.05, 0) is 86.1 Å². The molecule has 0 spiro atoms. The van der Waals surface area contributed by atoms with Gasteiger partial charge in [0.05, 0.1) is 29.9 Å². The van der Waals surface area contributed by atoms with Gasteiger partial charge in [-0.15, -0.1) is 0 Å². The van der Waals surface area contributed by atoms with Crippen LogP contribution < -0.4 is 15.0 Å². The van der Waals surface area contributed by atoms with Crippen LogP contribution in [-0.4, -0.2) is 21.8 Å². The molecule has 0 amide bonds. The third-order valence-electron chi connectivity index (χ3n) is 6.91. The zero-order valence-electron chi connectivity index (χ0n) is 20.8. The first kappa shape index (κ1) is 24.3. The highest BCUT2D eigenvalue weighted by molar-refractivity contribution is 7.80. The molecule has 5 rings (SSSR count). The highest BCUT2D eigenvalue weighted by atomic mass is 35.5. The summed E-state index contributed by atoms with van der Waals surface area (Å²) >= 11 is 12.4. The Labute approximate surface area is 222 Å². The lowest BCUT2D eigenvalue weighted by Crippen LogP contribution is -2.29. The monoisotopic (exact) mass is 516 g/mol. The van der Waals surface area contributed by atoms with Gasteiger partial charge >= 0.3 is 0 Å². The molecule has 2 aromatic carbocycles. The van der Waals surface area contributed by atoms with Crippen LogP contribution in [0.2, 0.25) is 5.02 Å². The number of benzene rings is 2. The lowest BCUT2D eigenvalue weighted by Gasteiger charge is -2.28. The van der Waals surface area contributed by atoms with Crippen LogP contribution in [0.15, 0.2) is 72.9 Å². The van der Waals surface area contributed by atoms with Gasteiger partial charge in [-0.1, -0.05) is 42.8 Å². The van der Waals surface area contributed by atoms with Gasteiger partial charge in [0.1, 0.15) is 5.75 Å². The zero-order chi connectivity index (χ0) is 25.4. The average Bonchev–Trinajstić information content (AvgIpc) is 3.39. The normalized spacial score (nSPS) is 17.4. The first-order valence-corrected chi connectivity index (χ1v) is 12.8. The van der Waals surface area contributed by atoms with E-state index in [0.29, 0.717) is 15.9 Å². The Hall–Kier alpha value is -3.35. The van der Waals surface area contributed by atoms with Crippen molar-refractivity contribution in [3.05, 3.63) is 106 Å². The largest absolute Gasteiger partial charge is 0.495 e. The van der Waals surface area contributed by atoms with Crippen LogP contribution >= 0.6 is 23.8 Å². The maximum Gasteiger partial charge on any atom is 0.174 e. The van der Waals surface area contributed by atoms with Crippen molar-refractivity contribution in [3.63, 3.8) is 0 Å². The Morgan fingerprint density at radius 3 is 2.53 bits per heavy atom. The predicted molar refractivity (Wildman–Crippen MR) is 151 cm³/mol. The summed E-state index contributed by atoms with van der Waals surface area (Å²) in [5, 5.41) is 4.72. The van der Waals surface area contributed by atoms with Crippen LogP contribution in [-0.2, 0) is 6.42 Å². The van der Waals surface area contributed by atoms with Crippen LogP contribution in [0.3, 0.4) is 0 Å². The lowest BCUT2D eigenvalue weighted by atomic mass is 9.96. The SMILES string of the molecule is CCc1ccccc1-n1c(C)cc([C@@H]2[C@@H](c3ccccn3)NC(=S)N2c2ccc(OC)c(Cl)c2)c1C. The van der Waals surface area contributed by atoms with Crippen molar-refractivity contribution >= 4 is 34.6 Å². The van der Waals surface area contributed by atoms with Crippen LogP contribution in [0, 0.1) is 13.8 Å². The average molecular weight is 517 g/mol. The van der Waals surface area contributed by atoms with E-state index in [9.17, 15) is 0 Å². The van der Waals surface area contributed by atoms with E-state index in [1.807, 2.05) is 42.6 Å². The number of ether oxygens (including phenoxy) is 1. The number of pyridine rings is 1. The van der Waals surface area contributed by atoms with Gasteiger partial charge in [0.2, 0.25) is 0 Å². The smallest absolute Gasteiger partial charge is 0.174 e. The summed E-state index contributed by atoms with van der Waals surface area (Å²) in [6.07, 6.45) is 2.79. The molecule has 1 fully saturated rings. The van der Waals surface area contributed by atoms with E-state index in [1.54, 1.807) is 7.11 Å². The van der Waals surface area contributed by atoms with Crippen LogP contribution in [0.25, 0.3) is 5.69 Å². The first-order chi connectivity index (χ1) is 17.4. The third kappa shape index (κ3) is 4.14. The summed E-state index contributed by atoms with van der Waals surface area (Å²) < 4.78 is 7.74. The summed E-state index contributed by atoms with van der Waals surface area (Å²) in [7, 11) is 1.62. The Bertz CT molecular complexity index is 1420.